The van der Waals surface area contributed by atoms with Gasteiger partial charge in [0.2, 0.25) is 0 Å². The minimum absolute atomic E-state index is 0.133. The second-order valence-electron chi connectivity index (χ2n) is 7.78. The highest BCUT2D eigenvalue weighted by Crippen LogP contribution is 2.37. The molecule has 156 valence electrons. The molecule has 0 spiro atoms. The Balaban J connectivity index is 1.78. The predicted molar refractivity (Wildman–Crippen MR) is 116 cm³/mol. The molecule has 0 radical (unpaired) electrons. The Hall–Kier alpha value is -2.70. The Morgan fingerprint density at radius 2 is 1.70 bits per heavy atom. The summed E-state index contributed by atoms with van der Waals surface area (Å²) >= 11 is 5.92. The number of rotatable bonds is 4. The molecule has 1 saturated heterocycles. The lowest BCUT2D eigenvalue weighted by atomic mass is 10.0. The van der Waals surface area contributed by atoms with Gasteiger partial charge in [-0.15, -0.1) is 0 Å². The average molecular weight is 428 g/mol. The van der Waals surface area contributed by atoms with Gasteiger partial charge in [0, 0.05) is 13.1 Å². The van der Waals surface area contributed by atoms with Crippen molar-refractivity contribution in [2.24, 2.45) is 0 Å². The van der Waals surface area contributed by atoms with Crippen LogP contribution in [0.2, 0.25) is 5.02 Å². The monoisotopic (exact) mass is 427 g/mol. The standard InChI is InChI=1S/C23H23ClFN3O2/c1-26-12-10-16(11-13-26)27(2)21-20(15-6-4-3-5-7-15)22(29)28(23(21)30)17-8-9-19(25)18(24)14-17/h3-9,14,16H,10-13H2,1-2H3. The number of likely N-dealkylation sites (tertiary alicyclic amines) is 1. The summed E-state index contributed by atoms with van der Waals surface area (Å²) in [5, 5.41) is -0.133. The van der Waals surface area contributed by atoms with Crippen LogP contribution in [0.5, 0.6) is 0 Å². The molecule has 5 nitrogen and oxygen atoms in total. The Kier molecular flexibility index (Phi) is 5.62. The topological polar surface area (TPSA) is 43.9 Å². The molecule has 0 aromatic heterocycles. The molecule has 0 unspecified atom stereocenters. The first-order valence-electron chi connectivity index (χ1n) is 9.93. The number of carbonyl (C=O) groups excluding carboxylic acids is 2. The minimum Gasteiger partial charge on any atom is -0.366 e. The van der Waals surface area contributed by atoms with Gasteiger partial charge in [-0.25, -0.2) is 9.29 Å². The Bertz CT molecular complexity index is 1020. The van der Waals surface area contributed by atoms with Crippen molar-refractivity contribution in [1.82, 2.24) is 9.80 Å². The first-order valence-corrected chi connectivity index (χ1v) is 10.3. The first kappa shape index (κ1) is 20.6. The summed E-state index contributed by atoms with van der Waals surface area (Å²) in [7, 11) is 3.95. The van der Waals surface area contributed by atoms with Crippen LogP contribution in [0, 0.1) is 5.82 Å². The number of nitrogens with zero attached hydrogens (tertiary/aromatic N) is 3. The lowest BCUT2D eigenvalue weighted by molar-refractivity contribution is -0.120. The molecule has 0 N–H and O–H groups in total. The van der Waals surface area contributed by atoms with Gasteiger partial charge in [-0.1, -0.05) is 41.9 Å². The molecule has 2 heterocycles. The molecule has 2 amide bonds. The van der Waals surface area contributed by atoms with E-state index in [-0.39, 0.29) is 16.8 Å². The van der Waals surface area contributed by atoms with Gasteiger partial charge in [0.25, 0.3) is 11.8 Å². The van der Waals surface area contributed by atoms with Crippen LogP contribution in [-0.4, -0.2) is 54.8 Å². The summed E-state index contributed by atoms with van der Waals surface area (Å²) in [6.45, 7) is 1.87. The van der Waals surface area contributed by atoms with Crippen LogP contribution in [0.3, 0.4) is 0 Å². The zero-order valence-corrected chi connectivity index (χ0v) is 17.7. The van der Waals surface area contributed by atoms with E-state index in [1.165, 1.54) is 18.2 Å². The number of halogens is 2. The number of amides is 2. The molecular formula is C23H23ClFN3O2. The van der Waals surface area contributed by atoms with Crippen molar-refractivity contribution >= 4 is 34.7 Å². The van der Waals surface area contributed by atoms with E-state index in [1.807, 2.05) is 42.3 Å². The summed E-state index contributed by atoms with van der Waals surface area (Å²) < 4.78 is 13.7. The fourth-order valence-corrected chi connectivity index (χ4v) is 4.31. The number of piperidine rings is 1. The van der Waals surface area contributed by atoms with Crippen LogP contribution in [0.1, 0.15) is 18.4 Å². The van der Waals surface area contributed by atoms with Crippen molar-refractivity contribution in [2.75, 3.05) is 32.1 Å². The molecule has 0 atom stereocenters. The number of imide groups is 1. The van der Waals surface area contributed by atoms with E-state index in [0.29, 0.717) is 16.8 Å². The molecule has 2 aromatic rings. The Labute approximate surface area is 180 Å². The van der Waals surface area contributed by atoms with Gasteiger partial charge in [0.05, 0.1) is 16.3 Å². The predicted octanol–water partition coefficient (Wildman–Crippen LogP) is 3.79. The molecule has 2 aliphatic rings. The smallest absolute Gasteiger partial charge is 0.282 e. The molecule has 0 bridgehead atoms. The van der Waals surface area contributed by atoms with Crippen molar-refractivity contribution < 1.29 is 14.0 Å². The molecule has 1 fully saturated rings. The maximum Gasteiger partial charge on any atom is 0.282 e. The van der Waals surface area contributed by atoms with Crippen molar-refractivity contribution in [3.8, 4) is 0 Å². The number of hydrogen-bond donors (Lipinski definition) is 0. The van der Waals surface area contributed by atoms with Crippen molar-refractivity contribution in [3.05, 3.63) is 70.6 Å². The van der Waals surface area contributed by atoms with Crippen LogP contribution in [0.25, 0.3) is 5.57 Å². The maximum atomic E-state index is 13.7. The molecule has 2 aromatic carbocycles. The van der Waals surface area contributed by atoms with Gasteiger partial charge in [0.15, 0.2) is 0 Å². The normalized spacial score (nSPS) is 18.5. The van der Waals surface area contributed by atoms with E-state index in [1.54, 1.807) is 0 Å². The largest absolute Gasteiger partial charge is 0.366 e. The number of anilines is 1. The van der Waals surface area contributed by atoms with Crippen LogP contribution >= 0.6 is 11.6 Å². The number of carbonyl (C=O) groups is 2. The molecule has 0 aliphatic carbocycles. The highest BCUT2D eigenvalue weighted by molar-refractivity contribution is 6.45. The fourth-order valence-electron chi connectivity index (χ4n) is 4.13. The van der Waals surface area contributed by atoms with Crippen LogP contribution < -0.4 is 4.90 Å². The van der Waals surface area contributed by atoms with Crippen molar-refractivity contribution in [3.63, 3.8) is 0 Å². The first-order chi connectivity index (χ1) is 14.4. The summed E-state index contributed by atoms with van der Waals surface area (Å²) in [5.74, 6) is -1.44. The highest BCUT2D eigenvalue weighted by Gasteiger charge is 2.43. The average Bonchev–Trinajstić information content (AvgIpc) is 3.01. The molecule has 2 aliphatic heterocycles. The zero-order chi connectivity index (χ0) is 21.4. The third kappa shape index (κ3) is 3.61. The van der Waals surface area contributed by atoms with Crippen molar-refractivity contribution in [1.29, 1.82) is 0 Å². The Morgan fingerprint density at radius 1 is 1.03 bits per heavy atom. The van der Waals surface area contributed by atoms with Gasteiger partial charge in [-0.2, -0.15) is 0 Å². The lowest BCUT2D eigenvalue weighted by Gasteiger charge is -2.36. The van der Waals surface area contributed by atoms with E-state index >= 15 is 0 Å². The third-order valence-electron chi connectivity index (χ3n) is 5.87. The maximum absolute atomic E-state index is 13.7. The molecular weight excluding hydrogens is 405 g/mol. The summed E-state index contributed by atoms with van der Waals surface area (Å²) in [6.07, 6.45) is 1.81. The van der Waals surface area contributed by atoms with E-state index in [0.717, 1.165) is 30.8 Å². The zero-order valence-electron chi connectivity index (χ0n) is 16.9. The number of likely N-dealkylation sites (N-methyl/N-ethyl adjacent to an activating group) is 1. The molecule has 4 rings (SSSR count). The number of hydrogen-bond acceptors (Lipinski definition) is 4. The quantitative estimate of drug-likeness (QED) is 0.696. The van der Waals surface area contributed by atoms with Crippen molar-refractivity contribution in [2.45, 2.75) is 18.9 Å². The third-order valence-corrected chi connectivity index (χ3v) is 6.16. The van der Waals surface area contributed by atoms with Gasteiger partial charge >= 0.3 is 0 Å². The van der Waals surface area contributed by atoms with E-state index in [2.05, 4.69) is 11.9 Å². The summed E-state index contributed by atoms with van der Waals surface area (Å²) in [6, 6.07) is 13.2. The molecule has 30 heavy (non-hydrogen) atoms. The van der Waals surface area contributed by atoms with Gasteiger partial charge in [0.1, 0.15) is 11.5 Å². The van der Waals surface area contributed by atoms with Gasteiger partial charge in [-0.05, 0) is 56.7 Å². The highest BCUT2D eigenvalue weighted by atomic mass is 35.5. The summed E-state index contributed by atoms with van der Waals surface area (Å²) in [4.78, 5) is 32.2. The van der Waals surface area contributed by atoms with Gasteiger partial charge in [-0.3, -0.25) is 9.59 Å². The van der Waals surface area contributed by atoms with Crippen LogP contribution in [-0.2, 0) is 9.59 Å². The molecule has 0 saturated carbocycles. The second-order valence-corrected chi connectivity index (χ2v) is 8.19. The summed E-state index contributed by atoms with van der Waals surface area (Å²) in [5.41, 5.74) is 1.68. The van der Waals surface area contributed by atoms with E-state index in [9.17, 15) is 14.0 Å². The minimum atomic E-state index is -0.598. The van der Waals surface area contributed by atoms with Crippen LogP contribution in [0.4, 0.5) is 10.1 Å². The van der Waals surface area contributed by atoms with E-state index in [4.69, 9.17) is 11.6 Å². The molecule has 7 heteroatoms. The van der Waals surface area contributed by atoms with Gasteiger partial charge < -0.3 is 9.80 Å². The van der Waals surface area contributed by atoms with Crippen LogP contribution in [0.15, 0.2) is 54.2 Å². The fraction of sp³-hybridized carbons (Fsp3) is 0.304. The lowest BCUT2D eigenvalue weighted by Crippen LogP contribution is -2.43. The second kappa shape index (κ2) is 8.20. The number of benzene rings is 2. The van der Waals surface area contributed by atoms with E-state index < -0.39 is 17.6 Å². The Morgan fingerprint density at radius 3 is 2.33 bits per heavy atom. The SMILES string of the molecule is CN1CCC(N(C)C2=C(c3ccccc3)C(=O)N(c3ccc(F)c(Cl)c3)C2=O)CC1.